The van der Waals surface area contributed by atoms with Crippen LogP contribution in [0.5, 0.6) is 0 Å². The minimum Gasteiger partial charge on any atom is -0.393 e. The van der Waals surface area contributed by atoms with E-state index in [1.165, 1.54) is 89.0 Å². The van der Waals surface area contributed by atoms with Gasteiger partial charge < -0.3 is 9.84 Å². The Kier molecular flexibility index (Phi) is 17.8. The molecule has 0 aliphatic heterocycles. The van der Waals surface area contributed by atoms with Crippen LogP contribution < -0.4 is 0 Å². The minimum absolute atomic E-state index is 0.132. The summed E-state index contributed by atoms with van der Waals surface area (Å²) in [4.78, 5) is 0. The van der Waals surface area contributed by atoms with Gasteiger partial charge in [0, 0.05) is 0 Å². The topological polar surface area (TPSA) is 29.5 Å². The summed E-state index contributed by atoms with van der Waals surface area (Å²) in [6.07, 6.45) is 21.8. The van der Waals surface area contributed by atoms with Crippen molar-refractivity contribution < 1.29 is 9.84 Å². The van der Waals surface area contributed by atoms with Crippen molar-refractivity contribution in [3.05, 3.63) is 48.6 Å². The first kappa shape index (κ1) is 26.9. The number of hydrogen-bond donors (Lipinski definition) is 1. The van der Waals surface area contributed by atoms with Crippen molar-refractivity contribution in [1.82, 2.24) is 0 Å². The number of unbranched alkanes of at least 4 members (excludes halogenated alkanes) is 12. The zero-order chi connectivity index (χ0) is 21.7. The van der Waals surface area contributed by atoms with Gasteiger partial charge in [0.25, 0.3) is 0 Å². The van der Waals surface area contributed by atoms with E-state index in [0.717, 1.165) is 6.42 Å². The van der Waals surface area contributed by atoms with Gasteiger partial charge in [0.1, 0.15) is 0 Å². The SMILES string of the molecule is C=CC[C@@H](O)C[C@@H](CCCCCCCCCCCCCCC)OCc1ccccc1. The number of benzene rings is 1. The molecule has 0 fully saturated rings. The maximum absolute atomic E-state index is 10.2. The van der Waals surface area contributed by atoms with Crippen LogP contribution in [0.25, 0.3) is 0 Å². The summed E-state index contributed by atoms with van der Waals surface area (Å²) in [6, 6.07) is 10.3. The van der Waals surface area contributed by atoms with E-state index in [2.05, 4.69) is 25.6 Å². The highest BCUT2D eigenvalue weighted by Gasteiger charge is 2.14. The lowest BCUT2D eigenvalue weighted by Crippen LogP contribution is -2.20. The Morgan fingerprint density at radius 3 is 1.90 bits per heavy atom. The van der Waals surface area contributed by atoms with Crippen molar-refractivity contribution in [2.75, 3.05) is 0 Å². The normalized spacial score (nSPS) is 13.3. The Morgan fingerprint density at radius 2 is 1.37 bits per heavy atom. The highest BCUT2D eigenvalue weighted by Crippen LogP contribution is 2.18. The van der Waals surface area contributed by atoms with Gasteiger partial charge in [-0.05, 0) is 24.8 Å². The molecule has 0 saturated heterocycles. The number of ether oxygens (including phenoxy) is 1. The second-order valence-electron chi connectivity index (χ2n) is 8.86. The molecule has 2 atom stereocenters. The summed E-state index contributed by atoms with van der Waals surface area (Å²) in [5, 5.41) is 10.2. The first-order valence-corrected chi connectivity index (χ1v) is 12.7. The molecule has 30 heavy (non-hydrogen) atoms. The summed E-state index contributed by atoms with van der Waals surface area (Å²) < 4.78 is 6.16. The lowest BCUT2D eigenvalue weighted by molar-refractivity contribution is -0.00119. The van der Waals surface area contributed by atoms with Gasteiger partial charge in [-0.3, -0.25) is 0 Å². The number of aliphatic hydroxyl groups is 1. The van der Waals surface area contributed by atoms with Crippen LogP contribution in [-0.4, -0.2) is 17.3 Å². The van der Waals surface area contributed by atoms with Gasteiger partial charge in [0.15, 0.2) is 0 Å². The molecular formula is C28H48O2. The second-order valence-corrected chi connectivity index (χ2v) is 8.86. The van der Waals surface area contributed by atoms with Gasteiger partial charge in [-0.2, -0.15) is 0 Å². The van der Waals surface area contributed by atoms with Crippen molar-refractivity contribution in [3.8, 4) is 0 Å². The smallest absolute Gasteiger partial charge is 0.0720 e. The largest absolute Gasteiger partial charge is 0.393 e. The van der Waals surface area contributed by atoms with E-state index in [1.54, 1.807) is 6.08 Å². The molecule has 0 saturated carbocycles. The molecule has 0 unspecified atom stereocenters. The second kappa shape index (κ2) is 19.8. The zero-order valence-corrected chi connectivity index (χ0v) is 19.7. The molecule has 2 heteroatoms. The molecule has 0 aliphatic rings. The fourth-order valence-corrected chi connectivity index (χ4v) is 4.04. The minimum atomic E-state index is -0.342. The van der Waals surface area contributed by atoms with E-state index in [-0.39, 0.29) is 12.2 Å². The Balaban J connectivity index is 2.08. The molecule has 0 heterocycles. The van der Waals surface area contributed by atoms with Crippen LogP contribution in [-0.2, 0) is 11.3 Å². The zero-order valence-electron chi connectivity index (χ0n) is 19.7. The average Bonchev–Trinajstić information content (AvgIpc) is 2.76. The predicted octanol–water partition coefficient (Wildman–Crippen LogP) is 8.38. The molecule has 2 nitrogen and oxygen atoms in total. The highest BCUT2D eigenvalue weighted by atomic mass is 16.5. The third-order valence-corrected chi connectivity index (χ3v) is 5.93. The van der Waals surface area contributed by atoms with Gasteiger partial charge in [-0.25, -0.2) is 0 Å². The van der Waals surface area contributed by atoms with Gasteiger partial charge in [0.2, 0.25) is 0 Å². The monoisotopic (exact) mass is 416 g/mol. The molecule has 0 spiro atoms. The Morgan fingerprint density at radius 1 is 0.833 bits per heavy atom. The summed E-state index contributed by atoms with van der Waals surface area (Å²) in [7, 11) is 0. The molecule has 0 aliphatic carbocycles. The van der Waals surface area contributed by atoms with E-state index < -0.39 is 0 Å². The first-order chi connectivity index (χ1) is 14.8. The van der Waals surface area contributed by atoms with E-state index in [1.807, 2.05) is 18.2 Å². The van der Waals surface area contributed by atoms with Gasteiger partial charge >= 0.3 is 0 Å². The summed E-state index contributed by atoms with van der Waals surface area (Å²) in [5.41, 5.74) is 1.20. The fourth-order valence-electron chi connectivity index (χ4n) is 4.04. The van der Waals surface area contributed by atoms with Crippen molar-refractivity contribution >= 4 is 0 Å². The highest BCUT2D eigenvalue weighted by molar-refractivity contribution is 5.13. The van der Waals surface area contributed by atoms with Gasteiger partial charge in [0.05, 0.1) is 18.8 Å². The van der Waals surface area contributed by atoms with Gasteiger partial charge in [-0.15, -0.1) is 6.58 Å². The van der Waals surface area contributed by atoms with Crippen LogP contribution in [0.3, 0.4) is 0 Å². The first-order valence-electron chi connectivity index (χ1n) is 12.7. The molecule has 1 N–H and O–H groups in total. The van der Waals surface area contributed by atoms with E-state index in [0.29, 0.717) is 19.4 Å². The van der Waals surface area contributed by atoms with Crippen LogP contribution in [0, 0.1) is 0 Å². The molecule has 172 valence electrons. The summed E-state index contributed by atoms with van der Waals surface area (Å²) >= 11 is 0. The lowest BCUT2D eigenvalue weighted by atomic mass is 10.0. The Bertz CT molecular complexity index is 485. The van der Waals surface area contributed by atoms with E-state index in [9.17, 15) is 5.11 Å². The third-order valence-electron chi connectivity index (χ3n) is 5.93. The number of rotatable bonds is 21. The summed E-state index contributed by atoms with van der Waals surface area (Å²) in [5.74, 6) is 0. The third kappa shape index (κ3) is 15.7. The fraction of sp³-hybridized carbons (Fsp3) is 0.714. The molecule has 0 amide bonds. The number of hydrogen-bond acceptors (Lipinski definition) is 2. The van der Waals surface area contributed by atoms with Crippen LogP contribution in [0.2, 0.25) is 0 Å². The van der Waals surface area contributed by atoms with Crippen LogP contribution in [0.4, 0.5) is 0 Å². The standard InChI is InChI=1S/C28H48O2/c1-3-5-6-7-8-9-10-11-12-13-14-15-19-23-28(24-27(29)20-4-2)30-25-26-21-17-16-18-22-26/h4,16-18,21-22,27-29H,2-3,5-15,19-20,23-25H2,1H3/t27-,28-/m1/s1. The van der Waals surface area contributed by atoms with Crippen LogP contribution in [0.15, 0.2) is 43.0 Å². The molecule has 1 rings (SSSR count). The van der Waals surface area contributed by atoms with Gasteiger partial charge in [-0.1, -0.05) is 127 Å². The molecule has 1 aromatic carbocycles. The van der Waals surface area contributed by atoms with Crippen molar-refractivity contribution in [3.63, 3.8) is 0 Å². The van der Waals surface area contributed by atoms with Crippen LogP contribution in [0.1, 0.15) is 115 Å². The molecule has 1 aromatic rings. The molecular weight excluding hydrogens is 368 g/mol. The molecule has 0 bridgehead atoms. The maximum Gasteiger partial charge on any atom is 0.0720 e. The van der Waals surface area contributed by atoms with E-state index >= 15 is 0 Å². The molecule has 0 aromatic heterocycles. The average molecular weight is 417 g/mol. The Labute approximate surface area is 187 Å². The molecule has 0 radical (unpaired) electrons. The summed E-state index contributed by atoms with van der Waals surface area (Å²) in [6.45, 7) is 6.65. The lowest BCUT2D eigenvalue weighted by Gasteiger charge is -2.21. The quantitative estimate of drug-likeness (QED) is 0.161. The van der Waals surface area contributed by atoms with Crippen molar-refractivity contribution in [2.45, 2.75) is 128 Å². The van der Waals surface area contributed by atoms with Crippen molar-refractivity contribution in [1.29, 1.82) is 0 Å². The van der Waals surface area contributed by atoms with Crippen LogP contribution >= 0.6 is 0 Å². The van der Waals surface area contributed by atoms with E-state index in [4.69, 9.17) is 4.74 Å². The predicted molar refractivity (Wildman–Crippen MR) is 131 cm³/mol. The Hall–Kier alpha value is -1.12. The number of aliphatic hydroxyl groups excluding tert-OH is 1. The maximum atomic E-state index is 10.2. The van der Waals surface area contributed by atoms with Crippen molar-refractivity contribution in [2.24, 2.45) is 0 Å².